The van der Waals surface area contributed by atoms with Gasteiger partial charge < -0.3 is 9.30 Å². The van der Waals surface area contributed by atoms with E-state index in [-0.39, 0.29) is 29.2 Å². The molecule has 3 aromatic rings. The lowest BCUT2D eigenvalue weighted by molar-refractivity contribution is -0.385. The highest BCUT2D eigenvalue weighted by atomic mass is 32.1. The Labute approximate surface area is 172 Å². The Morgan fingerprint density at radius 1 is 1.13 bits per heavy atom. The van der Waals surface area contributed by atoms with Crippen LogP contribution >= 0.6 is 11.3 Å². The van der Waals surface area contributed by atoms with Gasteiger partial charge in [0.05, 0.1) is 26.7 Å². The number of rotatable bonds is 6. The molecule has 0 bridgehead atoms. The molecule has 1 amide bonds. The van der Waals surface area contributed by atoms with Crippen LogP contribution in [-0.2, 0) is 16.1 Å². The maximum absolute atomic E-state index is 12.7. The van der Waals surface area contributed by atoms with Gasteiger partial charge in [0.25, 0.3) is 17.3 Å². The van der Waals surface area contributed by atoms with Gasteiger partial charge in [0.15, 0.2) is 4.80 Å². The standard InChI is InChI=1S/C18H14N4O7S/c1-2-29-16(23)10-20-14-8-7-11(21(25)26)9-15(14)30-18(20)19-17(24)12-5-3-4-6-13(12)22(27)28/h3-9H,2,10H2,1H3. The highest BCUT2D eigenvalue weighted by Gasteiger charge is 2.20. The van der Waals surface area contributed by atoms with Crippen molar-refractivity contribution in [1.29, 1.82) is 0 Å². The lowest BCUT2D eigenvalue weighted by Gasteiger charge is -2.05. The van der Waals surface area contributed by atoms with E-state index in [0.717, 1.165) is 11.3 Å². The zero-order chi connectivity index (χ0) is 21.8. The average Bonchev–Trinajstić information content (AvgIpc) is 3.04. The van der Waals surface area contributed by atoms with E-state index < -0.39 is 27.4 Å². The molecule has 0 aliphatic rings. The van der Waals surface area contributed by atoms with Crippen LogP contribution in [0.2, 0.25) is 0 Å². The van der Waals surface area contributed by atoms with Crippen LogP contribution in [0.1, 0.15) is 17.3 Å². The number of nitro benzene ring substituents is 2. The molecular weight excluding hydrogens is 416 g/mol. The monoisotopic (exact) mass is 430 g/mol. The lowest BCUT2D eigenvalue weighted by Crippen LogP contribution is -2.23. The normalized spacial score (nSPS) is 11.4. The Balaban J connectivity index is 2.18. The molecule has 1 aromatic heterocycles. The van der Waals surface area contributed by atoms with E-state index in [0.29, 0.717) is 10.2 Å². The number of esters is 1. The molecular formula is C18H14N4O7S. The third kappa shape index (κ3) is 4.22. The molecule has 0 aliphatic heterocycles. The molecule has 0 N–H and O–H groups in total. The fourth-order valence-electron chi connectivity index (χ4n) is 2.71. The zero-order valence-electron chi connectivity index (χ0n) is 15.5. The molecule has 0 radical (unpaired) electrons. The van der Waals surface area contributed by atoms with Crippen molar-refractivity contribution in [3.8, 4) is 0 Å². The molecule has 0 spiro atoms. The Morgan fingerprint density at radius 2 is 1.87 bits per heavy atom. The van der Waals surface area contributed by atoms with Crippen LogP contribution in [0.15, 0.2) is 47.5 Å². The first-order chi connectivity index (χ1) is 14.3. The minimum atomic E-state index is -0.874. The molecule has 0 unspecified atom stereocenters. The summed E-state index contributed by atoms with van der Waals surface area (Å²) in [7, 11) is 0. The molecule has 12 heteroatoms. The minimum Gasteiger partial charge on any atom is -0.465 e. The second kappa shape index (κ2) is 8.61. The molecule has 0 atom stereocenters. The maximum atomic E-state index is 12.7. The van der Waals surface area contributed by atoms with Gasteiger partial charge in [-0.15, -0.1) is 0 Å². The smallest absolute Gasteiger partial charge is 0.326 e. The molecule has 3 rings (SSSR count). The molecule has 30 heavy (non-hydrogen) atoms. The molecule has 1 heterocycles. The number of carbonyl (C=O) groups excluding carboxylic acids is 2. The van der Waals surface area contributed by atoms with E-state index in [2.05, 4.69) is 4.99 Å². The van der Waals surface area contributed by atoms with Crippen molar-refractivity contribution in [2.45, 2.75) is 13.5 Å². The van der Waals surface area contributed by atoms with Gasteiger partial charge in [-0.25, -0.2) is 0 Å². The number of hydrogen-bond donors (Lipinski definition) is 0. The van der Waals surface area contributed by atoms with Crippen LogP contribution in [0, 0.1) is 20.2 Å². The molecule has 2 aromatic carbocycles. The van der Waals surface area contributed by atoms with Crippen molar-refractivity contribution >= 4 is 44.8 Å². The first-order valence-electron chi connectivity index (χ1n) is 8.57. The summed E-state index contributed by atoms with van der Waals surface area (Å²) in [6.07, 6.45) is 0. The van der Waals surface area contributed by atoms with Crippen LogP contribution in [0.25, 0.3) is 10.2 Å². The lowest BCUT2D eigenvalue weighted by atomic mass is 10.2. The summed E-state index contributed by atoms with van der Waals surface area (Å²) >= 11 is 0.946. The zero-order valence-corrected chi connectivity index (χ0v) is 16.3. The number of non-ortho nitro benzene ring substituents is 1. The molecule has 0 saturated heterocycles. The third-order valence-corrected chi connectivity index (χ3v) is 5.04. The summed E-state index contributed by atoms with van der Waals surface area (Å²) < 4.78 is 6.74. The van der Waals surface area contributed by atoms with Crippen molar-refractivity contribution in [3.05, 3.63) is 73.1 Å². The Bertz CT molecular complexity index is 1240. The van der Waals surface area contributed by atoms with Crippen LogP contribution in [0.4, 0.5) is 11.4 Å². The number of benzene rings is 2. The predicted octanol–water partition coefficient (Wildman–Crippen LogP) is 2.82. The average molecular weight is 430 g/mol. The summed E-state index contributed by atoms with van der Waals surface area (Å²) in [4.78, 5) is 49.7. The number of hydrogen-bond acceptors (Lipinski definition) is 8. The number of nitro groups is 2. The van der Waals surface area contributed by atoms with Crippen LogP contribution in [-0.4, -0.2) is 32.9 Å². The predicted molar refractivity (Wildman–Crippen MR) is 106 cm³/mol. The number of ether oxygens (including phenoxy) is 1. The van der Waals surface area contributed by atoms with Gasteiger partial charge in [-0.2, -0.15) is 4.99 Å². The van der Waals surface area contributed by atoms with E-state index in [1.807, 2.05) is 0 Å². The number of nitrogens with zero attached hydrogens (tertiary/aromatic N) is 4. The van der Waals surface area contributed by atoms with Gasteiger partial charge in [0, 0.05) is 18.2 Å². The van der Waals surface area contributed by atoms with Crippen molar-refractivity contribution in [1.82, 2.24) is 4.57 Å². The molecule has 0 fully saturated rings. The van der Waals surface area contributed by atoms with E-state index in [4.69, 9.17) is 4.74 Å². The number of aromatic nitrogens is 1. The summed E-state index contributed by atoms with van der Waals surface area (Å²) in [5.74, 6) is -1.46. The minimum absolute atomic E-state index is 0.0571. The Morgan fingerprint density at radius 3 is 2.53 bits per heavy atom. The van der Waals surface area contributed by atoms with Crippen LogP contribution in [0.3, 0.4) is 0 Å². The summed E-state index contributed by atoms with van der Waals surface area (Å²) in [5, 5.41) is 22.2. The second-order valence-electron chi connectivity index (χ2n) is 5.88. The number of fused-ring (bicyclic) bond motifs is 1. The Hall–Kier alpha value is -3.93. The summed E-state index contributed by atoms with van der Waals surface area (Å²) in [6, 6.07) is 9.37. The number of para-hydroxylation sites is 1. The van der Waals surface area contributed by atoms with Crippen molar-refractivity contribution < 1.29 is 24.2 Å². The number of amides is 1. The summed E-state index contributed by atoms with van der Waals surface area (Å²) in [5.41, 5.74) is -0.343. The van der Waals surface area contributed by atoms with E-state index >= 15 is 0 Å². The van der Waals surface area contributed by atoms with Gasteiger partial charge in [-0.3, -0.25) is 29.8 Å². The van der Waals surface area contributed by atoms with Crippen molar-refractivity contribution in [3.63, 3.8) is 0 Å². The molecule has 0 saturated carbocycles. The van der Waals surface area contributed by atoms with Gasteiger partial charge >= 0.3 is 5.97 Å². The first-order valence-corrected chi connectivity index (χ1v) is 9.39. The largest absolute Gasteiger partial charge is 0.465 e. The van der Waals surface area contributed by atoms with Gasteiger partial charge in [-0.05, 0) is 19.1 Å². The molecule has 154 valence electrons. The third-order valence-electron chi connectivity index (χ3n) is 4.00. The van der Waals surface area contributed by atoms with Crippen molar-refractivity contribution in [2.24, 2.45) is 4.99 Å². The van der Waals surface area contributed by atoms with Gasteiger partial charge in [-0.1, -0.05) is 23.5 Å². The van der Waals surface area contributed by atoms with E-state index in [9.17, 15) is 29.8 Å². The van der Waals surface area contributed by atoms with E-state index in [1.165, 1.54) is 47.0 Å². The number of carbonyl (C=O) groups is 2. The highest BCUT2D eigenvalue weighted by Crippen LogP contribution is 2.24. The summed E-state index contributed by atoms with van der Waals surface area (Å²) in [6.45, 7) is 1.50. The van der Waals surface area contributed by atoms with Gasteiger partial charge in [0.2, 0.25) is 0 Å². The van der Waals surface area contributed by atoms with Gasteiger partial charge in [0.1, 0.15) is 12.1 Å². The molecule has 0 aliphatic carbocycles. The first kappa shape index (κ1) is 20.8. The quantitative estimate of drug-likeness (QED) is 0.332. The van der Waals surface area contributed by atoms with Crippen molar-refractivity contribution in [2.75, 3.05) is 6.61 Å². The maximum Gasteiger partial charge on any atom is 0.326 e. The fourth-order valence-corrected chi connectivity index (χ4v) is 3.77. The van der Waals surface area contributed by atoms with Crippen LogP contribution in [0.5, 0.6) is 0 Å². The highest BCUT2D eigenvalue weighted by molar-refractivity contribution is 7.16. The van der Waals surface area contributed by atoms with E-state index in [1.54, 1.807) is 6.92 Å². The second-order valence-corrected chi connectivity index (χ2v) is 6.89. The fraction of sp³-hybridized carbons (Fsp3) is 0.167. The molecule has 11 nitrogen and oxygen atoms in total. The SMILES string of the molecule is CCOC(=O)Cn1c(=NC(=O)c2ccccc2[N+](=O)[O-])sc2cc([N+](=O)[O-])ccc21. The number of thiazole rings is 1. The topological polar surface area (TPSA) is 147 Å². The Kier molecular flexibility index (Phi) is 5.97. The van der Waals surface area contributed by atoms with Crippen LogP contribution < -0.4 is 4.80 Å².